The molecule has 0 aliphatic carbocycles. The summed E-state index contributed by atoms with van der Waals surface area (Å²) < 4.78 is 1.87. The van der Waals surface area contributed by atoms with Crippen LogP contribution in [0, 0.1) is 5.92 Å². The van der Waals surface area contributed by atoms with Gasteiger partial charge in [-0.05, 0) is 48.2 Å². The van der Waals surface area contributed by atoms with E-state index in [1.165, 1.54) is 11.3 Å². The number of rotatable bonds is 7. The van der Waals surface area contributed by atoms with Gasteiger partial charge in [0.15, 0.2) is 0 Å². The number of hydrogen-bond acceptors (Lipinski definition) is 3. The van der Waals surface area contributed by atoms with Crippen molar-refractivity contribution in [1.29, 1.82) is 0 Å². The third-order valence-corrected chi connectivity index (χ3v) is 3.88. The Morgan fingerprint density at radius 1 is 1.32 bits per heavy atom. The zero-order valence-corrected chi connectivity index (χ0v) is 12.4. The van der Waals surface area contributed by atoms with Crippen LogP contribution in [0.5, 0.6) is 0 Å². The Morgan fingerprint density at radius 3 is 2.74 bits per heavy atom. The van der Waals surface area contributed by atoms with Gasteiger partial charge in [-0.15, -0.1) is 0 Å². The number of hydrogen-bond donors (Lipinski definition) is 1. The van der Waals surface area contributed by atoms with Crippen molar-refractivity contribution in [2.45, 2.75) is 13.5 Å². The first kappa shape index (κ1) is 14.2. The van der Waals surface area contributed by atoms with E-state index in [0.29, 0.717) is 0 Å². The molecule has 0 fully saturated rings. The van der Waals surface area contributed by atoms with E-state index in [4.69, 9.17) is 0 Å². The van der Waals surface area contributed by atoms with Crippen LogP contribution < -0.4 is 5.32 Å². The molecule has 0 radical (unpaired) electrons. The summed E-state index contributed by atoms with van der Waals surface area (Å²) in [6, 6.07) is 10.5. The first-order chi connectivity index (χ1) is 9.29. The molecule has 1 heterocycles. The molecule has 0 spiro atoms. The van der Waals surface area contributed by atoms with E-state index in [1.807, 2.05) is 28.7 Å². The second-order valence-electron chi connectivity index (χ2n) is 4.81. The molecule has 1 N–H and O–H groups in total. The summed E-state index contributed by atoms with van der Waals surface area (Å²) in [4.78, 5) is 0. The summed E-state index contributed by atoms with van der Waals surface area (Å²) in [6.45, 7) is 4.28. The average molecular weight is 275 g/mol. The molecular weight excluding hydrogens is 254 g/mol. The number of aromatic nitrogens is 2. The fraction of sp³-hybridized carbons (Fsp3) is 0.400. The lowest BCUT2D eigenvalue weighted by Crippen LogP contribution is -2.22. The molecule has 1 aromatic heterocycles. The molecule has 1 unspecified atom stereocenters. The van der Waals surface area contributed by atoms with Crippen LogP contribution in [0.4, 0.5) is 0 Å². The Labute approximate surface area is 119 Å². The topological polar surface area (TPSA) is 29.9 Å². The van der Waals surface area contributed by atoms with Gasteiger partial charge in [0.2, 0.25) is 0 Å². The average Bonchev–Trinajstić information content (AvgIpc) is 2.94. The maximum Gasteiger partial charge on any atom is 0.0645 e. The van der Waals surface area contributed by atoms with Gasteiger partial charge < -0.3 is 5.32 Å². The molecule has 19 heavy (non-hydrogen) atoms. The van der Waals surface area contributed by atoms with E-state index in [-0.39, 0.29) is 0 Å². The van der Waals surface area contributed by atoms with Gasteiger partial charge in [-0.1, -0.05) is 19.1 Å². The molecule has 102 valence electrons. The standard InChI is InChI=1S/C15H21N3S/c1-13(12-19-2)10-16-11-14-4-6-15(7-5-14)18-9-3-8-17-18/h3-9,13,16H,10-12H2,1-2H3. The van der Waals surface area contributed by atoms with Gasteiger partial charge in [0.1, 0.15) is 0 Å². The van der Waals surface area contributed by atoms with Crippen LogP contribution in [0.1, 0.15) is 12.5 Å². The Morgan fingerprint density at radius 2 is 2.11 bits per heavy atom. The first-order valence-electron chi connectivity index (χ1n) is 6.58. The Balaban J connectivity index is 1.82. The SMILES string of the molecule is CSCC(C)CNCc1ccc(-n2cccn2)cc1. The normalized spacial score (nSPS) is 12.5. The van der Waals surface area contributed by atoms with Crippen molar-refractivity contribution in [3.63, 3.8) is 0 Å². The van der Waals surface area contributed by atoms with Crippen molar-refractivity contribution in [3.05, 3.63) is 48.3 Å². The van der Waals surface area contributed by atoms with Gasteiger partial charge in [-0.2, -0.15) is 16.9 Å². The minimum atomic E-state index is 0.721. The van der Waals surface area contributed by atoms with E-state index in [9.17, 15) is 0 Å². The van der Waals surface area contributed by atoms with Gasteiger partial charge in [-0.3, -0.25) is 0 Å². The Bertz CT molecular complexity index is 465. The quantitative estimate of drug-likeness (QED) is 0.842. The van der Waals surface area contributed by atoms with E-state index in [1.54, 1.807) is 6.20 Å². The fourth-order valence-electron chi connectivity index (χ4n) is 1.99. The highest BCUT2D eigenvalue weighted by molar-refractivity contribution is 7.98. The van der Waals surface area contributed by atoms with E-state index >= 15 is 0 Å². The molecule has 1 aromatic carbocycles. The summed E-state index contributed by atoms with van der Waals surface area (Å²) in [5.74, 6) is 1.93. The summed E-state index contributed by atoms with van der Waals surface area (Å²) >= 11 is 1.91. The largest absolute Gasteiger partial charge is 0.312 e. The van der Waals surface area contributed by atoms with Crippen LogP contribution in [-0.2, 0) is 6.54 Å². The molecule has 0 saturated heterocycles. The number of nitrogens with one attached hydrogen (secondary N) is 1. The van der Waals surface area contributed by atoms with Crippen LogP contribution >= 0.6 is 11.8 Å². The molecule has 3 nitrogen and oxygen atoms in total. The summed E-state index contributed by atoms with van der Waals surface area (Å²) in [5.41, 5.74) is 2.41. The minimum absolute atomic E-state index is 0.721. The number of nitrogens with zero attached hydrogens (tertiary/aromatic N) is 2. The number of thioether (sulfide) groups is 1. The summed E-state index contributed by atoms with van der Waals surface area (Å²) in [6.07, 6.45) is 5.91. The molecule has 0 saturated carbocycles. The minimum Gasteiger partial charge on any atom is -0.312 e. The maximum atomic E-state index is 4.22. The maximum absolute atomic E-state index is 4.22. The third-order valence-electron chi connectivity index (χ3n) is 2.98. The highest BCUT2D eigenvalue weighted by atomic mass is 32.2. The predicted molar refractivity (Wildman–Crippen MR) is 82.8 cm³/mol. The predicted octanol–water partition coefficient (Wildman–Crippen LogP) is 2.96. The van der Waals surface area contributed by atoms with Gasteiger partial charge in [0.05, 0.1) is 5.69 Å². The van der Waals surface area contributed by atoms with E-state index in [0.717, 1.165) is 24.7 Å². The van der Waals surface area contributed by atoms with Gasteiger partial charge >= 0.3 is 0 Å². The smallest absolute Gasteiger partial charge is 0.0645 e. The van der Waals surface area contributed by atoms with Crippen molar-refractivity contribution in [3.8, 4) is 5.69 Å². The van der Waals surface area contributed by atoms with Gasteiger partial charge in [-0.25, -0.2) is 4.68 Å². The second-order valence-corrected chi connectivity index (χ2v) is 5.72. The molecule has 2 aromatic rings. The third kappa shape index (κ3) is 4.40. The van der Waals surface area contributed by atoms with Crippen molar-refractivity contribution >= 4 is 11.8 Å². The molecule has 0 aliphatic heterocycles. The lowest BCUT2D eigenvalue weighted by Gasteiger charge is -2.11. The molecule has 0 amide bonds. The fourth-order valence-corrected chi connectivity index (χ4v) is 2.68. The zero-order valence-electron chi connectivity index (χ0n) is 11.5. The lowest BCUT2D eigenvalue weighted by molar-refractivity contribution is 0.559. The molecule has 4 heteroatoms. The lowest BCUT2D eigenvalue weighted by atomic mass is 10.2. The van der Waals surface area contributed by atoms with Crippen LogP contribution in [0.25, 0.3) is 5.69 Å². The van der Waals surface area contributed by atoms with Crippen molar-refractivity contribution in [2.24, 2.45) is 5.92 Å². The molecule has 2 rings (SSSR count). The molecule has 0 bridgehead atoms. The van der Waals surface area contributed by atoms with Gasteiger partial charge in [0, 0.05) is 18.9 Å². The number of benzene rings is 1. The van der Waals surface area contributed by atoms with Crippen molar-refractivity contribution in [2.75, 3.05) is 18.6 Å². The summed E-state index contributed by atoms with van der Waals surface area (Å²) in [7, 11) is 0. The highest BCUT2D eigenvalue weighted by Crippen LogP contribution is 2.09. The van der Waals surface area contributed by atoms with Crippen molar-refractivity contribution < 1.29 is 0 Å². The molecular formula is C15H21N3S. The van der Waals surface area contributed by atoms with Crippen LogP contribution in [0.2, 0.25) is 0 Å². The van der Waals surface area contributed by atoms with E-state index < -0.39 is 0 Å². The van der Waals surface area contributed by atoms with Crippen LogP contribution in [0.3, 0.4) is 0 Å². The first-order valence-corrected chi connectivity index (χ1v) is 7.97. The molecule has 0 aliphatic rings. The summed E-state index contributed by atoms with van der Waals surface area (Å²) in [5, 5.41) is 7.73. The van der Waals surface area contributed by atoms with E-state index in [2.05, 4.69) is 47.9 Å². The highest BCUT2D eigenvalue weighted by Gasteiger charge is 2.01. The van der Waals surface area contributed by atoms with Crippen molar-refractivity contribution in [1.82, 2.24) is 15.1 Å². The molecule has 1 atom stereocenters. The Kier molecular flexibility index (Phi) is 5.48. The zero-order chi connectivity index (χ0) is 13.5. The van der Waals surface area contributed by atoms with Crippen LogP contribution in [0.15, 0.2) is 42.7 Å². The monoisotopic (exact) mass is 275 g/mol. The van der Waals surface area contributed by atoms with Gasteiger partial charge in [0.25, 0.3) is 0 Å². The second kappa shape index (κ2) is 7.36. The Hall–Kier alpha value is -1.26. The van der Waals surface area contributed by atoms with Crippen LogP contribution in [-0.4, -0.2) is 28.3 Å².